The minimum absolute atomic E-state index is 0.0304. The van der Waals surface area contributed by atoms with Crippen molar-refractivity contribution in [3.8, 4) is 0 Å². The lowest BCUT2D eigenvalue weighted by atomic mass is 9.75. The van der Waals surface area contributed by atoms with Crippen molar-refractivity contribution < 1.29 is 9.59 Å². The highest BCUT2D eigenvalue weighted by atomic mass is 16.2. The van der Waals surface area contributed by atoms with Crippen LogP contribution in [-0.4, -0.2) is 37.4 Å². The molecule has 5 heteroatoms. The molecule has 3 unspecified atom stereocenters. The van der Waals surface area contributed by atoms with Crippen LogP contribution in [0.2, 0.25) is 0 Å². The number of amides is 1. The average molecular weight is 398 g/mol. The number of Topliss-reactive ketones (excluding diaryl/α,β-unsaturated/α-hetero) is 1. The van der Waals surface area contributed by atoms with Gasteiger partial charge in [-0.2, -0.15) is 0 Å². The first-order valence-corrected chi connectivity index (χ1v) is 11.5. The number of fused-ring (bicyclic) bond motifs is 1. The SMILES string of the molecule is CN(c1ccc(CNC(=O)C2CNC3CCCCC3C2=O)cc1)C1CCCCC1. The molecule has 3 aliphatic rings. The molecule has 2 saturated carbocycles. The van der Waals surface area contributed by atoms with Gasteiger partial charge in [0.25, 0.3) is 0 Å². The Morgan fingerprint density at radius 2 is 1.72 bits per heavy atom. The van der Waals surface area contributed by atoms with Crippen molar-refractivity contribution >= 4 is 17.4 Å². The summed E-state index contributed by atoms with van der Waals surface area (Å²) in [7, 11) is 2.19. The Bertz CT molecular complexity index is 711. The summed E-state index contributed by atoms with van der Waals surface area (Å²) >= 11 is 0. The molecular weight excluding hydrogens is 362 g/mol. The summed E-state index contributed by atoms with van der Waals surface area (Å²) in [4.78, 5) is 27.8. The molecule has 0 bridgehead atoms. The van der Waals surface area contributed by atoms with E-state index in [1.54, 1.807) is 0 Å². The first kappa shape index (κ1) is 20.4. The van der Waals surface area contributed by atoms with Gasteiger partial charge >= 0.3 is 0 Å². The summed E-state index contributed by atoms with van der Waals surface area (Å²) < 4.78 is 0. The molecule has 1 saturated heterocycles. The van der Waals surface area contributed by atoms with Gasteiger partial charge in [-0.1, -0.05) is 44.2 Å². The van der Waals surface area contributed by atoms with Crippen LogP contribution < -0.4 is 15.5 Å². The predicted octanol–water partition coefficient (Wildman–Crippen LogP) is 3.42. The van der Waals surface area contributed by atoms with E-state index in [0.29, 0.717) is 19.1 Å². The molecule has 0 aromatic heterocycles. The number of hydrogen-bond acceptors (Lipinski definition) is 4. The number of ketones is 1. The van der Waals surface area contributed by atoms with E-state index < -0.39 is 5.92 Å². The predicted molar refractivity (Wildman–Crippen MR) is 116 cm³/mol. The molecule has 2 N–H and O–H groups in total. The van der Waals surface area contributed by atoms with Crippen LogP contribution in [0, 0.1) is 11.8 Å². The van der Waals surface area contributed by atoms with Gasteiger partial charge in [-0.15, -0.1) is 0 Å². The van der Waals surface area contributed by atoms with Crippen LogP contribution in [0.5, 0.6) is 0 Å². The van der Waals surface area contributed by atoms with Gasteiger partial charge in [0.2, 0.25) is 5.91 Å². The molecule has 4 rings (SSSR count). The fraction of sp³-hybridized carbons (Fsp3) is 0.667. The largest absolute Gasteiger partial charge is 0.372 e. The van der Waals surface area contributed by atoms with Gasteiger partial charge < -0.3 is 15.5 Å². The Kier molecular flexibility index (Phi) is 6.53. The molecule has 2 aliphatic carbocycles. The monoisotopic (exact) mass is 397 g/mol. The third-order valence-corrected chi connectivity index (χ3v) is 7.31. The van der Waals surface area contributed by atoms with Gasteiger partial charge in [-0.05, 0) is 43.4 Å². The zero-order valence-corrected chi connectivity index (χ0v) is 17.7. The molecule has 1 heterocycles. The number of carbonyl (C=O) groups is 2. The maximum absolute atomic E-state index is 12.8. The zero-order chi connectivity index (χ0) is 20.2. The van der Waals surface area contributed by atoms with Crippen molar-refractivity contribution in [2.75, 3.05) is 18.5 Å². The lowest BCUT2D eigenvalue weighted by Gasteiger charge is -2.38. The minimum atomic E-state index is -0.536. The molecule has 5 nitrogen and oxygen atoms in total. The van der Waals surface area contributed by atoms with E-state index >= 15 is 0 Å². The van der Waals surface area contributed by atoms with Crippen LogP contribution >= 0.6 is 0 Å². The molecule has 1 aromatic rings. The molecule has 1 amide bonds. The van der Waals surface area contributed by atoms with Crippen molar-refractivity contribution in [3.63, 3.8) is 0 Å². The van der Waals surface area contributed by atoms with E-state index in [1.807, 2.05) is 0 Å². The van der Waals surface area contributed by atoms with Gasteiger partial charge in [0.1, 0.15) is 5.92 Å². The van der Waals surface area contributed by atoms with Gasteiger partial charge in [0, 0.05) is 43.8 Å². The second-order valence-electron chi connectivity index (χ2n) is 9.15. The van der Waals surface area contributed by atoms with Crippen molar-refractivity contribution in [3.05, 3.63) is 29.8 Å². The Hall–Kier alpha value is -1.88. The fourth-order valence-corrected chi connectivity index (χ4v) is 5.41. The quantitative estimate of drug-likeness (QED) is 0.748. The van der Waals surface area contributed by atoms with Gasteiger partial charge in [-0.25, -0.2) is 0 Å². The first-order valence-electron chi connectivity index (χ1n) is 11.5. The Labute approximate surface area is 174 Å². The second-order valence-corrected chi connectivity index (χ2v) is 9.15. The third kappa shape index (κ3) is 4.66. The minimum Gasteiger partial charge on any atom is -0.372 e. The summed E-state index contributed by atoms with van der Waals surface area (Å²) in [6, 6.07) is 9.41. The van der Waals surface area contributed by atoms with Gasteiger partial charge in [0.15, 0.2) is 5.78 Å². The molecule has 1 aliphatic heterocycles. The van der Waals surface area contributed by atoms with Crippen LogP contribution in [-0.2, 0) is 16.1 Å². The van der Waals surface area contributed by atoms with Crippen molar-refractivity contribution in [1.29, 1.82) is 0 Å². The van der Waals surface area contributed by atoms with E-state index in [2.05, 4.69) is 46.8 Å². The maximum atomic E-state index is 12.8. The maximum Gasteiger partial charge on any atom is 0.232 e. The number of nitrogens with one attached hydrogen (secondary N) is 2. The van der Waals surface area contributed by atoms with Crippen LogP contribution in [0.15, 0.2) is 24.3 Å². The number of rotatable bonds is 5. The first-order chi connectivity index (χ1) is 14.1. The van der Waals surface area contributed by atoms with Crippen molar-refractivity contribution in [2.45, 2.75) is 76.4 Å². The molecule has 3 atom stereocenters. The highest BCUT2D eigenvalue weighted by Gasteiger charge is 2.41. The lowest BCUT2D eigenvalue weighted by Crippen LogP contribution is -2.56. The van der Waals surface area contributed by atoms with Crippen LogP contribution in [0.4, 0.5) is 5.69 Å². The number of anilines is 1. The highest BCUT2D eigenvalue weighted by Crippen LogP contribution is 2.30. The van der Waals surface area contributed by atoms with Gasteiger partial charge in [0.05, 0.1) is 0 Å². The average Bonchev–Trinajstić information content (AvgIpc) is 2.78. The second kappa shape index (κ2) is 9.29. The molecular formula is C24H35N3O2. The Morgan fingerprint density at radius 3 is 2.48 bits per heavy atom. The van der Waals surface area contributed by atoms with E-state index in [0.717, 1.165) is 24.8 Å². The van der Waals surface area contributed by atoms with E-state index in [1.165, 1.54) is 44.2 Å². The third-order valence-electron chi connectivity index (χ3n) is 7.31. The normalized spacial score (nSPS) is 27.9. The standard InChI is InChI=1S/C24H35N3O2/c1-27(18-7-3-2-4-8-18)19-13-11-17(12-14-19)15-26-24(29)21-16-25-22-10-6-5-9-20(22)23(21)28/h11-14,18,20-22,25H,2-10,15-16H2,1H3,(H,26,29). The van der Waals surface area contributed by atoms with Crippen molar-refractivity contribution in [1.82, 2.24) is 10.6 Å². The Morgan fingerprint density at radius 1 is 1.03 bits per heavy atom. The molecule has 158 valence electrons. The molecule has 1 aromatic carbocycles. The molecule has 3 fully saturated rings. The number of hydrogen-bond donors (Lipinski definition) is 2. The highest BCUT2D eigenvalue weighted by molar-refractivity contribution is 6.03. The van der Waals surface area contributed by atoms with E-state index in [-0.39, 0.29) is 23.7 Å². The Balaban J connectivity index is 1.29. The zero-order valence-electron chi connectivity index (χ0n) is 17.7. The van der Waals surface area contributed by atoms with Crippen molar-refractivity contribution in [2.24, 2.45) is 11.8 Å². The smallest absolute Gasteiger partial charge is 0.232 e. The number of benzene rings is 1. The fourth-order valence-electron chi connectivity index (χ4n) is 5.41. The summed E-state index contributed by atoms with van der Waals surface area (Å²) in [6.07, 6.45) is 10.9. The van der Waals surface area contributed by atoms with E-state index in [9.17, 15) is 9.59 Å². The van der Waals surface area contributed by atoms with E-state index in [4.69, 9.17) is 0 Å². The summed E-state index contributed by atoms with van der Waals surface area (Å²) in [5.41, 5.74) is 2.31. The topological polar surface area (TPSA) is 61.4 Å². The van der Waals surface area contributed by atoms with Gasteiger partial charge in [-0.3, -0.25) is 9.59 Å². The summed E-state index contributed by atoms with van der Waals surface area (Å²) in [6.45, 7) is 0.959. The number of carbonyl (C=O) groups excluding carboxylic acids is 2. The molecule has 29 heavy (non-hydrogen) atoms. The summed E-state index contributed by atoms with van der Waals surface area (Å²) in [5.74, 6) is -0.487. The van der Waals surface area contributed by atoms with Crippen LogP contribution in [0.25, 0.3) is 0 Å². The van der Waals surface area contributed by atoms with Crippen LogP contribution in [0.1, 0.15) is 63.4 Å². The van der Waals surface area contributed by atoms with Crippen LogP contribution in [0.3, 0.4) is 0 Å². The lowest BCUT2D eigenvalue weighted by molar-refractivity contribution is -0.139. The summed E-state index contributed by atoms with van der Waals surface area (Å²) in [5, 5.41) is 6.44. The number of nitrogens with zero attached hydrogens (tertiary/aromatic N) is 1. The molecule has 0 spiro atoms. The molecule has 0 radical (unpaired) electrons. The number of piperidine rings is 1.